The van der Waals surface area contributed by atoms with Gasteiger partial charge in [-0.3, -0.25) is 4.79 Å². The summed E-state index contributed by atoms with van der Waals surface area (Å²) in [5.41, 5.74) is 1.95. The molecule has 1 aliphatic carbocycles. The van der Waals surface area contributed by atoms with Gasteiger partial charge in [-0.15, -0.1) is 0 Å². The van der Waals surface area contributed by atoms with Crippen molar-refractivity contribution >= 4 is 11.5 Å². The standard InChI is InChI=1S/C22H20F4O3/c1-13-8-14(3-7-21(27)28)2-6-20(13)29-12-15-10-22(25,26)11-18(15)17-5-4-16(23)9-19(17)24/h2,4-6,8-9H,3,7,10-12H2,1H3,(H,27,28). The molecule has 0 radical (unpaired) electrons. The van der Waals surface area contributed by atoms with Gasteiger partial charge in [0.2, 0.25) is 0 Å². The van der Waals surface area contributed by atoms with Gasteiger partial charge in [-0.2, -0.15) is 0 Å². The molecule has 1 aliphatic rings. The molecule has 3 rings (SSSR count). The first-order valence-electron chi connectivity index (χ1n) is 9.13. The second kappa shape index (κ2) is 8.27. The highest BCUT2D eigenvalue weighted by Crippen LogP contribution is 2.44. The maximum Gasteiger partial charge on any atom is 0.303 e. The van der Waals surface area contributed by atoms with Crippen LogP contribution in [0.15, 0.2) is 42.0 Å². The molecule has 0 spiro atoms. The van der Waals surface area contributed by atoms with E-state index in [1.807, 2.05) is 0 Å². The first kappa shape index (κ1) is 20.9. The Morgan fingerprint density at radius 3 is 2.55 bits per heavy atom. The number of carboxylic acids is 1. The summed E-state index contributed by atoms with van der Waals surface area (Å²) >= 11 is 0. The second-order valence-corrected chi connectivity index (χ2v) is 7.20. The van der Waals surface area contributed by atoms with Crippen molar-refractivity contribution in [2.75, 3.05) is 6.61 Å². The number of benzene rings is 2. The van der Waals surface area contributed by atoms with Crippen molar-refractivity contribution in [3.63, 3.8) is 0 Å². The summed E-state index contributed by atoms with van der Waals surface area (Å²) in [7, 11) is 0. The molecule has 154 valence electrons. The zero-order valence-corrected chi connectivity index (χ0v) is 15.8. The van der Waals surface area contributed by atoms with Crippen LogP contribution in [0.1, 0.15) is 36.0 Å². The fourth-order valence-corrected chi connectivity index (χ4v) is 3.47. The molecule has 0 aliphatic heterocycles. The molecule has 2 aromatic carbocycles. The van der Waals surface area contributed by atoms with Crippen molar-refractivity contribution in [3.8, 4) is 5.75 Å². The Labute approximate surface area is 165 Å². The van der Waals surface area contributed by atoms with E-state index in [1.54, 1.807) is 25.1 Å². The number of hydrogen-bond donors (Lipinski definition) is 1. The molecule has 7 heteroatoms. The number of carboxylic acid groups (broad SMARTS) is 1. The van der Waals surface area contributed by atoms with Crippen molar-refractivity contribution in [1.29, 1.82) is 0 Å². The Kier molecular flexibility index (Phi) is 5.96. The number of alkyl halides is 2. The Morgan fingerprint density at radius 2 is 1.90 bits per heavy atom. The summed E-state index contributed by atoms with van der Waals surface area (Å²) < 4.78 is 61.0. The van der Waals surface area contributed by atoms with E-state index in [0.29, 0.717) is 18.2 Å². The number of carbonyl (C=O) groups is 1. The van der Waals surface area contributed by atoms with Crippen LogP contribution in [0.3, 0.4) is 0 Å². The second-order valence-electron chi connectivity index (χ2n) is 7.20. The van der Waals surface area contributed by atoms with Crippen molar-refractivity contribution in [3.05, 3.63) is 70.3 Å². The number of aliphatic carboxylic acids is 1. The minimum atomic E-state index is -3.01. The lowest BCUT2D eigenvalue weighted by atomic mass is 10.0. The molecule has 0 atom stereocenters. The maximum atomic E-state index is 14.1. The smallest absolute Gasteiger partial charge is 0.303 e. The zero-order chi connectivity index (χ0) is 21.2. The van der Waals surface area contributed by atoms with Crippen molar-refractivity contribution in [2.24, 2.45) is 0 Å². The summed E-state index contributed by atoms with van der Waals surface area (Å²) in [6, 6.07) is 8.07. The highest BCUT2D eigenvalue weighted by atomic mass is 19.3. The van der Waals surface area contributed by atoms with E-state index in [0.717, 1.165) is 17.2 Å². The molecule has 2 aromatic rings. The number of ether oxygens (including phenoxy) is 1. The van der Waals surface area contributed by atoms with Gasteiger partial charge >= 0.3 is 5.97 Å². The molecule has 0 unspecified atom stereocenters. The van der Waals surface area contributed by atoms with Gasteiger partial charge in [0, 0.05) is 30.9 Å². The average Bonchev–Trinajstić information content (AvgIpc) is 2.93. The number of aryl methyl sites for hydroxylation is 2. The molecule has 29 heavy (non-hydrogen) atoms. The largest absolute Gasteiger partial charge is 0.489 e. The number of halogens is 4. The zero-order valence-electron chi connectivity index (χ0n) is 15.8. The molecule has 1 N–H and O–H groups in total. The van der Waals surface area contributed by atoms with E-state index in [2.05, 4.69) is 0 Å². The van der Waals surface area contributed by atoms with Crippen LogP contribution >= 0.6 is 0 Å². The summed E-state index contributed by atoms with van der Waals surface area (Å²) in [6.07, 6.45) is -0.785. The monoisotopic (exact) mass is 408 g/mol. The van der Waals surface area contributed by atoms with Crippen LogP contribution in [-0.2, 0) is 11.2 Å². The predicted octanol–water partition coefficient (Wildman–Crippen LogP) is 5.55. The van der Waals surface area contributed by atoms with E-state index in [-0.39, 0.29) is 29.7 Å². The summed E-state index contributed by atoms with van der Waals surface area (Å²) in [4.78, 5) is 10.7. The average molecular weight is 408 g/mol. The molecular weight excluding hydrogens is 388 g/mol. The van der Waals surface area contributed by atoms with E-state index in [1.165, 1.54) is 6.07 Å². The topological polar surface area (TPSA) is 46.5 Å². The molecule has 3 nitrogen and oxygen atoms in total. The number of hydrogen-bond acceptors (Lipinski definition) is 2. The van der Waals surface area contributed by atoms with Crippen LogP contribution in [0.25, 0.3) is 5.57 Å². The fourth-order valence-electron chi connectivity index (χ4n) is 3.47. The lowest BCUT2D eigenvalue weighted by Gasteiger charge is -2.13. The summed E-state index contributed by atoms with van der Waals surface area (Å²) in [6.45, 7) is 1.63. The van der Waals surface area contributed by atoms with Gasteiger partial charge in [0.15, 0.2) is 0 Å². The predicted molar refractivity (Wildman–Crippen MR) is 100 cm³/mol. The van der Waals surface area contributed by atoms with Crippen molar-refractivity contribution < 1.29 is 32.2 Å². The Balaban J connectivity index is 1.79. The van der Waals surface area contributed by atoms with E-state index >= 15 is 0 Å². The van der Waals surface area contributed by atoms with Gasteiger partial charge in [-0.05, 0) is 53.8 Å². The molecular formula is C22H20F4O3. The third-order valence-corrected chi connectivity index (χ3v) is 4.86. The Morgan fingerprint density at radius 1 is 1.14 bits per heavy atom. The minimum absolute atomic E-state index is 0.00814. The molecule has 0 amide bonds. The van der Waals surface area contributed by atoms with Crippen LogP contribution in [0.5, 0.6) is 5.75 Å². The van der Waals surface area contributed by atoms with Gasteiger partial charge < -0.3 is 9.84 Å². The van der Waals surface area contributed by atoms with Crippen LogP contribution in [0.2, 0.25) is 0 Å². The number of allylic oxidation sites excluding steroid dienone is 1. The van der Waals surface area contributed by atoms with Crippen molar-refractivity contribution in [1.82, 2.24) is 0 Å². The van der Waals surface area contributed by atoms with Gasteiger partial charge in [-0.1, -0.05) is 12.1 Å². The molecule has 0 fully saturated rings. The van der Waals surface area contributed by atoms with Crippen molar-refractivity contribution in [2.45, 2.75) is 38.5 Å². The third kappa shape index (κ3) is 5.16. The Hall–Kier alpha value is -2.83. The molecule has 0 aromatic heterocycles. The van der Waals surface area contributed by atoms with Gasteiger partial charge in [-0.25, -0.2) is 17.6 Å². The van der Waals surface area contributed by atoms with Crippen LogP contribution in [0.4, 0.5) is 17.6 Å². The maximum absolute atomic E-state index is 14.1. The van der Waals surface area contributed by atoms with Crippen LogP contribution in [0, 0.1) is 18.6 Å². The third-order valence-electron chi connectivity index (χ3n) is 4.86. The Bertz CT molecular complexity index is 967. The van der Waals surface area contributed by atoms with Crippen LogP contribution < -0.4 is 4.74 Å². The summed E-state index contributed by atoms with van der Waals surface area (Å²) in [5, 5.41) is 8.76. The molecule has 0 saturated carbocycles. The lowest BCUT2D eigenvalue weighted by Crippen LogP contribution is -2.11. The highest BCUT2D eigenvalue weighted by Gasteiger charge is 2.40. The quantitative estimate of drug-likeness (QED) is 0.611. The number of rotatable bonds is 7. The highest BCUT2D eigenvalue weighted by molar-refractivity contribution is 5.72. The molecule has 0 heterocycles. The SMILES string of the molecule is Cc1cc(CCC(=O)O)ccc1OCC1=C(c2ccc(F)cc2F)CC(F)(F)C1. The van der Waals surface area contributed by atoms with Gasteiger partial charge in [0.1, 0.15) is 24.0 Å². The first-order chi connectivity index (χ1) is 13.6. The minimum Gasteiger partial charge on any atom is -0.489 e. The van der Waals surface area contributed by atoms with Gasteiger partial charge in [0.25, 0.3) is 5.92 Å². The lowest BCUT2D eigenvalue weighted by molar-refractivity contribution is -0.136. The fraction of sp³-hybridized carbons (Fsp3) is 0.318. The molecule has 0 bridgehead atoms. The van der Waals surface area contributed by atoms with Crippen LogP contribution in [-0.4, -0.2) is 23.6 Å². The van der Waals surface area contributed by atoms with E-state index < -0.39 is 36.4 Å². The van der Waals surface area contributed by atoms with E-state index in [4.69, 9.17) is 9.84 Å². The normalized spacial score (nSPS) is 15.6. The summed E-state index contributed by atoms with van der Waals surface area (Å²) in [5.74, 6) is -5.07. The molecule has 0 saturated heterocycles. The van der Waals surface area contributed by atoms with Gasteiger partial charge in [0.05, 0.1) is 0 Å². The first-order valence-corrected chi connectivity index (χ1v) is 9.13. The van der Waals surface area contributed by atoms with E-state index in [9.17, 15) is 22.4 Å².